The number of benzene rings is 1. The summed E-state index contributed by atoms with van der Waals surface area (Å²) >= 11 is 0. The minimum Gasteiger partial charge on any atom is -0.368 e. The summed E-state index contributed by atoms with van der Waals surface area (Å²) in [6.07, 6.45) is 2.70. The third-order valence-electron chi connectivity index (χ3n) is 4.06. The van der Waals surface area contributed by atoms with E-state index in [1.54, 1.807) is 37.4 Å². The topological polar surface area (TPSA) is 128 Å². The van der Waals surface area contributed by atoms with Crippen molar-refractivity contribution < 1.29 is 13.2 Å². The number of anilines is 2. The quantitative estimate of drug-likeness (QED) is 0.620. The van der Waals surface area contributed by atoms with Gasteiger partial charge in [-0.05, 0) is 31.2 Å². The van der Waals surface area contributed by atoms with Gasteiger partial charge in [-0.3, -0.25) is 4.79 Å². The van der Waals surface area contributed by atoms with Crippen LogP contribution < -0.4 is 11.1 Å². The molecule has 0 aliphatic carbocycles. The van der Waals surface area contributed by atoms with Gasteiger partial charge in [-0.1, -0.05) is 24.0 Å². The van der Waals surface area contributed by atoms with Crippen LogP contribution in [0.15, 0.2) is 47.5 Å². The van der Waals surface area contributed by atoms with Gasteiger partial charge in [0.1, 0.15) is 5.82 Å². The molecule has 2 heterocycles. The SMILES string of the molecule is CC(=O)Nc1ccc(C#Cc2c(C)nc(N)nc2-c2ccc(S(C)(=O)=O)cc2)cn1. The van der Waals surface area contributed by atoms with Crippen molar-refractivity contribution in [1.29, 1.82) is 0 Å². The van der Waals surface area contributed by atoms with E-state index in [9.17, 15) is 13.2 Å². The van der Waals surface area contributed by atoms with Crippen molar-refractivity contribution in [2.45, 2.75) is 18.7 Å². The molecule has 0 fully saturated rings. The molecule has 152 valence electrons. The molecule has 0 saturated carbocycles. The summed E-state index contributed by atoms with van der Waals surface area (Å²) in [5.41, 5.74) is 8.80. The molecule has 9 heteroatoms. The van der Waals surface area contributed by atoms with E-state index in [0.29, 0.717) is 33.9 Å². The first-order valence-corrected chi connectivity index (χ1v) is 10.7. The summed E-state index contributed by atoms with van der Waals surface area (Å²) in [6.45, 7) is 3.18. The highest BCUT2D eigenvalue weighted by Crippen LogP contribution is 2.25. The number of hydrogen-bond acceptors (Lipinski definition) is 7. The maximum Gasteiger partial charge on any atom is 0.222 e. The Morgan fingerprint density at radius 3 is 2.33 bits per heavy atom. The first-order chi connectivity index (χ1) is 14.1. The Hall–Kier alpha value is -3.77. The number of sulfone groups is 1. The van der Waals surface area contributed by atoms with E-state index in [4.69, 9.17) is 5.73 Å². The number of amides is 1. The van der Waals surface area contributed by atoms with Crippen molar-refractivity contribution in [3.05, 3.63) is 59.4 Å². The highest BCUT2D eigenvalue weighted by atomic mass is 32.2. The van der Waals surface area contributed by atoms with E-state index in [2.05, 4.69) is 32.1 Å². The van der Waals surface area contributed by atoms with Crippen LogP contribution in [0.2, 0.25) is 0 Å². The van der Waals surface area contributed by atoms with Crippen molar-refractivity contribution in [2.75, 3.05) is 17.3 Å². The molecule has 0 aliphatic rings. The summed E-state index contributed by atoms with van der Waals surface area (Å²) in [4.78, 5) is 23.9. The Bertz CT molecular complexity index is 1270. The summed E-state index contributed by atoms with van der Waals surface area (Å²) < 4.78 is 23.4. The monoisotopic (exact) mass is 421 g/mol. The zero-order valence-electron chi connectivity index (χ0n) is 16.6. The minimum absolute atomic E-state index is 0.0987. The average molecular weight is 421 g/mol. The molecule has 3 aromatic rings. The molecule has 0 spiro atoms. The molecule has 3 rings (SSSR count). The number of pyridine rings is 1. The van der Waals surface area contributed by atoms with Crippen LogP contribution in [0.5, 0.6) is 0 Å². The Balaban J connectivity index is 2.01. The fraction of sp³-hybridized carbons (Fsp3) is 0.143. The van der Waals surface area contributed by atoms with Gasteiger partial charge in [-0.25, -0.2) is 23.4 Å². The molecule has 3 N–H and O–H groups in total. The molecule has 0 bridgehead atoms. The second kappa shape index (κ2) is 8.31. The van der Waals surface area contributed by atoms with Crippen molar-refractivity contribution in [3.63, 3.8) is 0 Å². The fourth-order valence-electron chi connectivity index (χ4n) is 2.67. The maximum absolute atomic E-state index is 11.7. The normalized spacial score (nSPS) is 10.8. The minimum atomic E-state index is -3.30. The van der Waals surface area contributed by atoms with E-state index in [1.165, 1.54) is 19.1 Å². The summed E-state index contributed by atoms with van der Waals surface area (Å²) in [6, 6.07) is 9.74. The van der Waals surface area contributed by atoms with Gasteiger partial charge >= 0.3 is 0 Å². The molecule has 0 aliphatic heterocycles. The predicted octanol–water partition coefficient (Wildman–Crippen LogP) is 2.19. The molecule has 0 unspecified atom stereocenters. The fourth-order valence-corrected chi connectivity index (χ4v) is 3.30. The lowest BCUT2D eigenvalue weighted by molar-refractivity contribution is -0.114. The van der Waals surface area contributed by atoms with E-state index in [0.717, 1.165) is 6.26 Å². The number of nitrogens with zero attached hydrogens (tertiary/aromatic N) is 3. The average Bonchev–Trinajstić information content (AvgIpc) is 2.67. The number of nitrogens with one attached hydrogen (secondary N) is 1. The molecule has 8 nitrogen and oxygen atoms in total. The maximum atomic E-state index is 11.7. The Kier molecular flexibility index (Phi) is 5.80. The second-order valence-corrected chi connectivity index (χ2v) is 8.57. The van der Waals surface area contributed by atoms with Crippen molar-refractivity contribution in [1.82, 2.24) is 15.0 Å². The smallest absolute Gasteiger partial charge is 0.222 e. The summed E-state index contributed by atoms with van der Waals surface area (Å²) in [5.74, 6) is 6.39. The van der Waals surface area contributed by atoms with E-state index >= 15 is 0 Å². The first kappa shape index (κ1) is 21.0. The van der Waals surface area contributed by atoms with Crippen LogP contribution in [0, 0.1) is 18.8 Å². The van der Waals surface area contributed by atoms with Crippen LogP contribution in [0.25, 0.3) is 11.3 Å². The van der Waals surface area contributed by atoms with E-state index < -0.39 is 9.84 Å². The highest BCUT2D eigenvalue weighted by molar-refractivity contribution is 7.90. The third-order valence-corrected chi connectivity index (χ3v) is 5.19. The summed E-state index contributed by atoms with van der Waals surface area (Å²) in [5, 5.41) is 2.59. The third kappa shape index (κ3) is 4.98. The number of carbonyl (C=O) groups excluding carboxylic acids is 1. The lowest BCUT2D eigenvalue weighted by atomic mass is 10.0. The number of carbonyl (C=O) groups is 1. The van der Waals surface area contributed by atoms with Crippen LogP contribution in [0.3, 0.4) is 0 Å². The van der Waals surface area contributed by atoms with Gasteiger partial charge in [0.15, 0.2) is 9.84 Å². The zero-order chi connectivity index (χ0) is 21.9. The highest BCUT2D eigenvalue weighted by Gasteiger charge is 2.13. The van der Waals surface area contributed by atoms with E-state index in [1.807, 2.05) is 0 Å². The molecule has 1 aromatic carbocycles. The number of nitrogen functional groups attached to an aromatic ring is 1. The zero-order valence-corrected chi connectivity index (χ0v) is 17.4. The molecule has 0 saturated heterocycles. The summed E-state index contributed by atoms with van der Waals surface area (Å²) in [7, 11) is -3.30. The van der Waals surface area contributed by atoms with Gasteiger partial charge in [0.05, 0.1) is 21.8 Å². The van der Waals surface area contributed by atoms with Crippen LogP contribution in [-0.2, 0) is 14.6 Å². The van der Waals surface area contributed by atoms with Gasteiger partial charge in [0.25, 0.3) is 0 Å². The van der Waals surface area contributed by atoms with Crippen LogP contribution >= 0.6 is 0 Å². The molecule has 0 radical (unpaired) electrons. The first-order valence-electron chi connectivity index (χ1n) is 8.84. The molecular formula is C21H19N5O3S. The van der Waals surface area contributed by atoms with Gasteiger partial charge in [-0.2, -0.15) is 0 Å². The largest absolute Gasteiger partial charge is 0.368 e. The molecule has 30 heavy (non-hydrogen) atoms. The molecule has 1 amide bonds. The van der Waals surface area contributed by atoms with Gasteiger partial charge in [-0.15, -0.1) is 0 Å². The number of aromatic nitrogens is 3. The lowest BCUT2D eigenvalue weighted by Gasteiger charge is -2.08. The van der Waals surface area contributed by atoms with E-state index in [-0.39, 0.29) is 16.8 Å². The van der Waals surface area contributed by atoms with Crippen molar-refractivity contribution in [3.8, 4) is 23.1 Å². The van der Waals surface area contributed by atoms with Crippen LogP contribution in [0.1, 0.15) is 23.7 Å². The standard InChI is InChI=1S/C21H19N5O3S/c1-13-18(10-4-15-5-11-19(23-12-15)25-14(2)27)20(26-21(22)24-13)16-6-8-17(9-7-16)30(3,28)29/h5-9,11-12H,1-3H3,(H2,22,24,26)(H,23,25,27). The number of hydrogen-bond donors (Lipinski definition) is 2. The molecular weight excluding hydrogens is 402 g/mol. The second-order valence-electron chi connectivity index (χ2n) is 6.55. The van der Waals surface area contributed by atoms with Crippen LogP contribution in [-0.4, -0.2) is 35.5 Å². The predicted molar refractivity (Wildman–Crippen MR) is 114 cm³/mol. The Morgan fingerprint density at radius 1 is 1.07 bits per heavy atom. The Labute approximate surface area is 174 Å². The van der Waals surface area contributed by atoms with Gasteiger partial charge < -0.3 is 11.1 Å². The number of rotatable bonds is 3. The van der Waals surface area contributed by atoms with Crippen molar-refractivity contribution >= 4 is 27.5 Å². The molecule has 0 atom stereocenters. The number of nitrogens with two attached hydrogens (primary N) is 1. The van der Waals surface area contributed by atoms with Crippen LogP contribution in [0.4, 0.5) is 11.8 Å². The molecule has 2 aromatic heterocycles. The lowest BCUT2D eigenvalue weighted by Crippen LogP contribution is -2.07. The van der Waals surface area contributed by atoms with Gasteiger partial charge in [0.2, 0.25) is 11.9 Å². The number of aryl methyl sites for hydroxylation is 1. The Morgan fingerprint density at radius 2 is 1.77 bits per heavy atom. The van der Waals surface area contributed by atoms with Gasteiger partial charge in [0, 0.05) is 30.5 Å². The van der Waals surface area contributed by atoms with Crippen molar-refractivity contribution in [2.24, 2.45) is 0 Å².